The van der Waals surface area contributed by atoms with Crippen molar-refractivity contribution < 1.29 is 13.2 Å². The number of hydrogen-bond acceptors (Lipinski definition) is 4. The highest BCUT2D eigenvalue weighted by Gasteiger charge is 2.03. The van der Waals surface area contributed by atoms with Crippen molar-refractivity contribution in [1.29, 1.82) is 0 Å². The summed E-state index contributed by atoms with van der Waals surface area (Å²) in [6.45, 7) is 0.564. The standard InChI is InChI=1S/C9H15ClN2O3S/c1-12-8-9(7-11-12)15-5-3-2-4-6-16(10,13)14/h7-8H,2-6H2,1H3. The Morgan fingerprint density at radius 3 is 2.75 bits per heavy atom. The lowest BCUT2D eigenvalue weighted by Gasteiger charge is -2.02. The minimum Gasteiger partial charge on any atom is -0.490 e. The lowest BCUT2D eigenvalue weighted by molar-refractivity contribution is 0.306. The highest BCUT2D eigenvalue weighted by Crippen LogP contribution is 2.09. The van der Waals surface area contributed by atoms with E-state index in [0.717, 1.165) is 18.6 Å². The van der Waals surface area contributed by atoms with Crippen molar-refractivity contribution in [2.24, 2.45) is 7.05 Å². The highest BCUT2D eigenvalue weighted by atomic mass is 35.7. The van der Waals surface area contributed by atoms with Crippen LogP contribution in [-0.4, -0.2) is 30.6 Å². The van der Waals surface area contributed by atoms with Crippen molar-refractivity contribution in [3.63, 3.8) is 0 Å². The summed E-state index contributed by atoms with van der Waals surface area (Å²) in [5.74, 6) is 0.758. The summed E-state index contributed by atoms with van der Waals surface area (Å²) in [6.07, 6.45) is 5.59. The number of ether oxygens (including phenoxy) is 1. The molecule has 0 aliphatic carbocycles. The molecule has 0 aliphatic heterocycles. The Morgan fingerprint density at radius 1 is 1.44 bits per heavy atom. The Balaban J connectivity index is 2.04. The lowest BCUT2D eigenvalue weighted by Crippen LogP contribution is -2.00. The van der Waals surface area contributed by atoms with Gasteiger partial charge in [-0.3, -0.25) is 4.68 Å². The molecule has 0 unspecified atom stereocenters. The first-order valence-corrected chi connectivity index (χ1v) is 7.49. The number of nitrogens with zero attached hydrogens (tertiary/aromatic N) is 2. The van der Waals surface area contributed by atoms with Crippen molar-refractivity contribution in [3.05, 3.63) is 12.4 Å². The van der Waals surface area contributed by atoms with Crippen molar-refractivity contribution in [2.75, 3.05) is 12.4 Å². The maximum absolute atomic E-state index is 10.6. The van der Waals surface area contributed by atoms with Gasteiger partial charge in [-0.15, -0.1) is 0 Å². The summed E-state index contributed by atoms with van der Waals surface area (Å²) in [5.41, 5.74) is 0. The van der Waals surface area contributed by atoms with E-state index in [0.29, 0.717) is 13.0 Å². The van der Waals surface area contributed by atoms with Gasteiger partial charge in [0.1, 0.15) is 0 Å². The summed E-state index contributed by atoms with van der Waals surface area (Å²) in [7, 11) is 3.55. The van der Waals surface area contributed by atoms with Crippen LogP contribution in [0.1, 0.15) is 19.3 Å². The fraction of sp³-hybridized carbons (Fsp3) is 0.667. The average molecular weight is 267 g/mol. The summed E-state index contributed by atoms with van der Waals surface area (Å²) >= 11 is 0. The number of halogens is 1. The van der Waals surface area contributed by atoms with E-state index in [9.17, 15) is 8.42 Å². The van der Waals surface area contributed by atoms with E-state index in [4.69, 9.17) is 15.4 Å². The molecular formula is C9H15ClN2O3S. The van der Waals surface area contributed by atoms with E-state index in [1.807, 2.05) is 7.05 Å². The second-order valence-electron chi connectivity index (χ2n) is 3.50. The van der Waals surface area contributed by atoms with Crippen molar-refractivity contribution >= 4 is 19.7 Å². The first kappa shape index (κ1) is 13.3. The molecule has 1 aromatic rings. The molecule has 0 spiro atoms. The highest BCUT2D eigenvalue weighted by molar-refractivity contribution is 8.13. The van der Waals surface area contributed by atoms with Crippen molar-refractivity contribution in [3.8, 4) is 5.75 Å². The predicted molar refractivity (Wildman–Crippen MR) is 62.2 cm³/mol. The van der Waals surface area contributed by atoms with Crippen LogP contribution in [0.5, 0.6) is 5.75 Å². The first-order chi connectivity index (χ1) is 7.47. The summed E-state index contributed by atoms with van der Waals surface area (Å²) in [4.78, 5) is 0. The first-order valence-electron chi connectivity index (χ1n) is 5.01. The van der Waals surface area contributed by atoms with E-state index in [2.05, 4.69) is 5.10 Å². The van der Waals surface area contributed by atoms with Crippen LogP contribution in [-0.2, 0) is 16.1 Å². The molecule has 92 valence electrons. The van der Waals surface area contributed by atoms with E-state index in [1.54, 1.807) is 17.1 Å². The quantitative estimate of drug-likeness (QED) is 0.555. The Labute approximate surface area is 99.8 Å². The van der Waals surface area contributed by atoms with Crippen LogP contribution in [0.3, 0.4) is 0 Å². The Bertz CT molecular complexity index is 416. The third kappa shape index (κ3) is 5.97. The molecule has 0 N–H and O–H groups in total. The van der Waals surface area contributed by atoms with Crippen LogP contribution in [0, 0.1) is 0 Å². The lowest BCUT2D eigenvalue weighted by atomic mass is 10.3. The average Bonchev–Trinajstić information content (AvgIpc) is 2.56. The molecule has 16 heavy (non-hydrogen) atoms. The molecule has 0 saturated heterocycles. The van der Waals surface area contributed by atoms with Gasteiger partial charge < -0.3 is 4.74 Å². The van der Waals surface area contributed by atoms with Gasteiger partial charge in [0.2, 0.25) is 9.05 Å². The molecule has 5 nitrogen and oxygen atoms in total. The second kappa shape index (κ2) is 6.10. The molecule has 1 rings (SSSR count). The molecule has 1 heterocycles. The van der Waals surface area contributed by atoms with Gasteiger partial charge >= 0.3 is 0 Å². The molecule has 0 bridgehead atoms. The Hall–Kier alpha value is -0.750. The van der Waals surface area contributed by atoms with Gasteiger partial charge in [-0.05, 0) is 19.3 Å². The van der Waals surface area contributed by atoms with Gasteiger partial charge in [-0.2, -0.15) is 5.10 Å². The zero-order valence-electron chi connectivity index (χ0n) is 9.10. The second-order valence-corrected chi connectivity index (χ2v) is 6.40. The topological polar surface area (TPSA) is 61.2 Å². The number of rotatable bonds is 7. The molecule has 0 atom stereocenters. The van der Waals surface area contributed by atoms with Gasteiger partial charge in [-0.25, -0.2) is 8.42 Å². The molecule has 0 amide bonds. The zero-order valence-corrected chi connectivity index (χ0v) is 10.7. The van der Waals surface area contributed by atoms with Crippen LogP contribution in [0.15, 0.2) is 12.4 Å². The maximum atomic E-state index is 10.6. The number of aryl methyl sites for hydroxylation is 1. The fourth-order valence-electron chi connectivity index (χ4n) is 1.22. The maximum Gasteiger partial charge on any atom is 0.232 e. The SMILES string of the molecule is Cn1cc(OCCCCCS(=O)(=O)Cl)cn1. The third-order valence-corrected chi connectivity index (χ3v) is 3.22. The van der Waals surface area contributed by atoms with E-state index in [1.165, 1.54) is 0 Å². The summed E-state index contributed by atoms with van der Waals surface area (Å²) in [6, 6.07) is 0. The molecule has 7 heteroatoms. The normalized spacial score (nSPS) is 11.6. The van der Waals surface area contributed by atoms with E-state index >= 15 is 0 Å². The molecule has 0 aromatic carbocycles. The van der Waals surface area contributed by atoms with Gasteiger partial charge in [0.15, 0.2) is 5.75 Å². The largest absolute Gasteiger partial charge is 0.490 e. The minimum atomic E-state index is -3.34. The van der Waals surface area contributed by atoms with Crippen LogP contribution in [0.25, 0.3) is 0 Å². The fourth-order valence-corrected chi connectivity index (χ4v) is 2.09. The number of hydrogen-bond donors (Lipinski definition) is 0. The van der Waals surface area contributed by atoms with Crippen molar-refractivity contribution in [2.45, 2.75) is 19.3 Å². The summed E-state index contributed by atoms with van der Waals surface area (Å²) in [5, 5.41) is 3.96. The van der Waals surface area contributed by atoms with Gasteiger partial charge in [0.25, 0.3) is 0 Å². The Kier molecular flexibility index (Phi) is 5.08. The molecule has 0 radical (unpaired) electrons. The Morgan fingerprint density at radius 2 is 2.19 bits per heavy atom. The number of aromatic nitrogens is 2. The molecule has 0 saturated carbocycles. The zero-order chi connectivity index (χ0) is 12.0. The van der Waals surface area contributed by atoms with Crippen LogP contribution in [0.2, 0.25) is 0 Å². The van der Waals surface area contributed by atoms with Crippen molar-refractivity contribution in [1.82, 2.24) is 9.78 Å². The molecule has 0 fully saturated rings. The van der Waals surface area contributed by atoms with E-state index < -0.39 is 9.05 Å². The number of unbranched alkanes of at least 4 members (excludes halogenated alkanes) is 2. The van der Waals surface area contributed by atoms with Gasteiger partial charge in [0, 0.05) is 17.7 Å². The smallest absolute Gasteiger partial charge is 0.232 e. The van der Waals surface area contributed by atoms with Crippen LogP contribution < -0.4 is 4.74 Å². The third-order valence-electron chi connectivity index (χ3n) is 1.98. The van der Waals surface area contributed by atoms with Crippen LogP contribution >= 0.6 is 10.7 Å². The van der Waals surface area contributed by atoms with Crippen LogP contribution in [0.4, 0.5) is 0 Å². The van der Waals surface area contributed by atoms with Gasteiger partial charge in [0.05, 0.1) is 24.8 Å². The van der Waals surface area contributed by atoms with E-state index in [-0.39, 0.29) is 5.75 Å². The summed E-state index contributed by atoms with van der Waals surface area (Å²) < 4.78 is 28.3. The molecule has 1 aromatic heterocycles. The molecular weight excluding hydrogens is 252 g/mol. The van der Waals surface area contributed by atoms with Gasteiger partial charge in [-0.1, -0.05) is 0 Å². The predicted octanol–water partition coefficient (Wildman–Crippen LogP) is 1.54. The minimum absolute atomic E-state index is 0.0292. The molecule has 0 aliphatic rings. The monoisotopic (exact) mass is 266 g/mol.